The molecule has 3 aromatic rings. The van der Waals surface area contributed by atoms with Crippen molar-refractivity contribution in [2.75, 3.05) is 33.9 Å². The van der Waals surface area contributed by atoms with Gasteiger partial charge in [-0.2, -0.15) is 0 Å². The van der Waals surface area contributed by atoms with Crippen molar-refractivity contribution >= 4 is 39.1 Å². The number of methoxy groups -OCH3 is 2. The Bertz CT molecular complexity index is 1100. The number of fused-ring (bicyclic) bond motifs is 1. The number of benzene rings is 2. The maximum Gasteiger partial charge on any atom is 0.234 e. The van der Waals surface area contributed by atoms with E-state index in [1.54, 1.807) is 25.6 Å². The fourth-order valence-electron chi connectivity index (χ4n) is 4.18. The van der Waals surface area contributed by atoms with Gasteiger partial charge in [0.25, 0.3) is 0 Å². The molecule has 1 amide bonds. The van der Waals surface area contributed by atoms with E-state index in [9.17, 15) is 4.79 Å². The molecule has 170 valence electrons. The fourth-order valence-corrected chi connectivity index (χ4v) is 5.46. The number of piperidine rings is 1. The van der Waals surface area contributed by atoms with E-state index in [1.807, 2.05) is 43.3 Å². The van der Waals surface area contributed by atoms with E-state index >= 15 is 0 Å². The van der Waals surface area contributed by atoms with E-state index in [-0.39, 0.29) is 11.9 Å². The van der Waals surface area contributed by atoms with E-state index < -0.39 is 0 Å². The fraction of sp³-hybridized carbons (Fsp3) is 0.417. The Morgan fingerprint density at radius 2 is 2.00 bits per heavy atom. The summed E-state index contributed by atoms with van der Waals surface area (Å²) in [6.07, 6.45) is 2.00. The van der Waals surface area contributed by atoms with Gasteiger partial charge in [-0.15, -0.1) is 11.3 Å². The first kappa shape index (κ1) is 22.8. The van der Waals surface area contributed by atoms with Crippen molar-refractivity contribution in [3.8, 4) is 11.5 Å². The Morgan fingerprint density at radius 3 is 2.72 bits per heavy atom. The van der Waals surface area contributed by atoms with Crippen LogP contribution in [0.5, 0.6) is 11.5 Å². The molecule has 0 aliphatic carbocycles. The van der Waals surface area contributed by atoms with Gasteiger partial charge in [-0.25, -0.2) is 4.98 Å². The maximum atomic E-state index is 12.7. The number of hydrogen-bond donors (Lipinski definition) is 1. The molecule has 1 unspecified atom stereocenters. The molecule has 8 heteroatoms. The molecule has 32 heavy (non-hydrogen) atoms. The van der Waals surface area contributed by atoms with Gasteiger partial charge in [0, 0.05) is 16.5 Å². The van der Waals surface area contributed by atoms with Crippen LogP contribution in [0.4, 0.5) is 0 Å². The lowest BCUT2D eigenvalue weighted by Gasteiger charge is -2.30. The van der Waals surface area contributed by atoms with E-state index in [1.165, 1.54) is 9.71 Å². The number of thiazole rings is 1. The lowest BCUT2D eigenvalue weighted by Crippen LogP contribution is -2.41. The number of aromatic nitrogens is 1. The van der Waals surface area contributed by atoms with E-state index in [0.717, 1.165) is 53.5 Å². The summed E-state index contributed by atoms with van der Waals surface area (Å²) in [5.74, 6) is 1.92. The second-order valence-electron chi connectivity index (χ2n) is 8.11. The monoisotopic (exact) mass is 473 g/mol. The molecule has 1 aliphatic rings. The first-order valence-corrected chi connectivity index (χ1v) is 12.0. The van der Waals surface area contributed by atoms with Crippen molar-refractivity contribution in [3.63, 3.8) is 0 Å². The SMILES string of the molecule is COc1ccc(OC)c(C(C)NC(=O)CN2CCC(c3nc4cc(Cl)ccc4s3)CC2)c1. The van der Waals surface area contributed by atoms with E-state index in [2.05, 4.69) is 10.2 Å². The third kappa shape index (κ3) is 5.17. The van der Waals surface area contributed by atoms with Gasteiger partial charge in [0.1, 0.15) is 11.5 Å². The quantitative estimate of drug-likeness (QED) is 0.521. The molecule has 2 aromatic carbocycles. The summed E-state index contributed by atoms with van der Waals surface area (Å²) >= 11 is 7.85. The Hall–Kier alpha value is -2.35. The molecular weight excluding hydrogens is 446 g/mol. The van der Waals surface area contributed by atoms with Gasteiger partial charge in [-0.05, 0) is 69.3 Å². The Kier molecular flexibility index (Phi) is 7.18. The first-order valence-electron chi connectivity index (χ1n) is 10.8. The Balaban J connectivity index is 1.31. The van der Waals surface area contributed by atoms with Crippen molar-refractivity contribution in [1.29, 1.82) is 0 Å². The molecular formula is C24H28ClN3O3S. The Morgan fingerprint density at radius 1 is 1.22 bits per heavy atom. The smallest absolute Gasteiger partial charge is 0.234 e. The summed E-state index contributed by atoms with van der Waals surface area (Å²) in [5.41, 5.74) is 1.87. The van der Waals surface area contributed by atoms with Gasteiger partial charge < -0.3 is 14.8 Å². The molecule has 4 rings (SSSR count). The minimum atomic E-state index is -0.181. The molecule has 0 bridgehead atoms. The standard InChI is InChI=1S/C24H28ClN3O3S/c1-15(19-13-18(30-2)5-6-21(19)31-3)26-23(29)14-28-10-8-16(9-11-28)24-27-20-12-17(25)4-7-22(20)32-24/h4-7,12-13,15-16H,8-11,14H2,1-3H3,(H,26,29). The Labute approximate surface area is 197 Å². The van der Waals surface area contributed by atoms with Gasteiger partial charge >= 0.3 is 0 Å². The van der Waals surface area contributed by atoms with Crippen LogP contribution in [-0.4, -0.2) is 49.6 Å². The zero-order valence-electron chi connectivity index (χ0n) is 18.6. The van der Waals surface area contributed by atoms with Crippen molar-refractivity contribution < 1.29 is 14.3 Å². The third-order valence-electron chi connectivity index (χ3n) is 5.95. The topological polar surface area (TPSA) is 63.7 Å². The number of carbonyl (C=O) groups is 1. The van der Waals surface area contributed by atoms with Gasteiger partial charge in [0.2, 0.25) is 5.91 Å². The van der Waals surface area contributed by atoms with Crippen molar-refractivity contribution in [1.82, 2.24) is 15.2 Å². The van der Waals surface area contributed by atoms with Crippen LogP contribution in [-0.2, 0) is 4.79 Å². The summed E-state index contributed by atoms with van der Waals surface area (Å²) in [6, 6.07) is 11.3. The predicted octanol–water partition coefficient (Wildman–Crippen LogP) is 5.02. The summed E-state index contributed by atoms with van der Waals surface area (Å²) < 4.78 is 11.9. The van der Waals surface area contributed by atoms with Gasteiger partial charge in [-0.3, -0.25) is 9.69 Å². The molecule has 6 nitrogen and oxygen atoms in total. The minimum absolute atomic E-state index is 0.00968. The number of rotatable bonds is 7. The highest BCUT2D eigenvalue weighted by atomic mass is 35.5. The average molecular weight is 474 g/mol. The highest BCUT2D eigenvalue weighted by molar-refractivity contribution is 7.18. The predicted molar refractivity (Wildman–Crippen MR) is 129 cm³/mol. The number of likely N-dealkylation sites (tertiary alicyclic amines) is 1. The maximum absolute atomic E-state index is 12.7. The molecule has 0 saturated carbocycles. The number of ether oxygens (including phenoxy) is 2. The zero-order valence-corrected chi connectivity index (χ0v) is 20.1. The van der Waals surface area contributed by atoms with Crippen LogP contribution in [0.1, 0.15) is 42.3 Å². The number of nitrogens with zero attached hydrogens (tertiary/aromatic N) is 2. The molecule has 1 aromatic heterocycles. The number of nitrogens with one attached hydrogen (secondary N) is 1. The lowest BCUT2D eigenvalue weighted by atomic mass is 9.97. The van der Waals surface area contributed by atoms with Gasteiger partial charge in [-0.1, -0.05) is 11.6 Å². The molecule has 2 heterocycles. The van der Waals surface area contributed by atoms with Gasteiger partial charge in [0.05, 0.1) is 42.0 Å². The van der Waals surface area contributed by atoms with Crippen molar-refractivity contribution in [3.05, 3.63) is 52.0 Å². The largest absolute Gasteiger partial charge is 0.497 e. The number of hydrogen-bond acceptors (Lipinski definition) is 6. The second kappa shape index (κ2) is 10.1. The molecule has 1 aliphatic heterocycles. The molecule has 1 fully saturated rings. The van der Waals surface area contributed by atoms with Crippen LogP contribution in [0.15, 0.2) is 36.4 Å². The number of halogens is 1. The van der Waals surface area contributed by atoms with E-state index in [4.69, 9.17) is 26.1 Å². The molecule has 0 radical (unpaired) electrons. The van der Waals surface area contributed by atoms with Gasteiger partial charge in [0.15, 0.2) is 0 Å². The van der Waals surface area contributed by atoms with Crippen LogP contribution in [0.25, 0.3) is 10.2 Å². The van der Waals surface area contributed by atoms with Crippen LogP contribution in [0.2, 0.25) is 5.02 Å². The van der Waals surface area contributed by atoms with E-state index in [0.29, 0.717) is 12.5 Å². The minimum Gasteiger partial charge on any atom is -0.497 e. The first-order chi connectivity index (χ1) is 15.5. The normalized spacial score (nSPS) is 16.1. The molecule has 1 saturated heterocycles. The zero-order chi connectivity index (χ0) is 22.7. The van der Waals surface area contributed by atoms with Crippen LogP contribution < -0.4 is 14.8 Å². The van der Waals surface area contributed by atoms with Crippen molar-refractivity contribution in [2.24, 2.45) is 0 Å². The highest BCUT2D eigenvalue weighted by Crippen LogP contribution is 2.35. The summed E-state index contributed by atoms with van der Waals surface area (Å²) in [6.45, 7) is 4.11. The number of amides is 1. The third-order valence-corrected chi connectivity index (χ3v) is 7.39. The van der Waals surface area contributed by atoms with Crippen LogP contribution >= 0.6 is 22.9 Å². The summed E-state index contributed by atoms with van der Waals surface area (Å²) in [5, 5.41) is 4.99. The molecule has 1 N–H and O–H groups in total. The average Bonchev–Trinajstić information content (AvgIpc) is 3.22. The summed E-state index contributed by atoms with van der Waals surface area (Å²) in [4.78, 5) is 19.7. The lowest BCUT2D eigenvalue weighted by molar-refractivity contribution is -0.123. The van der Waals surface area contributed by atoms with Crippen LogP contribution in [0, 0.1) is 0 Å². The number of carbonyl (C=O) groups excluding carboxylic acids is 1. The second-order valence-corrected chi connectivity index (χ2v) is 9.61. The highest BCUT2D eigenvalue weighted by Gasteiger charge is 2.25. The van der Waals surface area contributed by atoms with Crippen LogP contribution in [0.3, 0.4) is 0 Å². The van der Waals surface area contributed by atoms with Crippen molar-refractivity contribution in [2.45, 2.75) is 31.7 Å². The molecule has 1 atom stereocenters. The molecule has 0 spiro atoms. The summed E-state index contributed by atoms with van der Waals surface area (Å²) in [7, 11) is 3.26.